The van der Waals surface area contributed by atoms with Gasteiger partial charge in [-0.15, -0.1) is 0 Å². The van der Waals surface area contributed by atoms with Crippen LogP contribution in [0.2, 0.25) is 0 Å². The second-order valence-corrected chi connectivity index (χ2v) is 8.45. The Hall–Kier alpha value is -0.0800. The van der Waals surface area contributed by atoms with Gasteiger partial charge < -0.3 is 10.2 Å². The summed E-state index contributed by atoms with van der Waals surface area (Å²) in [5.41, 5.74) is 0.482. The Balaban J connectivity index is 1.87. The van der Waals surface area contributed by atoms with Gasteiger partial charge in [0, 0.05) is 19.1 Å². The first-order valence-corrected chi connectivity index (χ1v) is 8.86. The standard InChI is InChI=1S/C18H36N2/c1-6-19-17-8-7-14(2)11-15(17)12-20-10-9-16(13-20)18(3,4)5/h14-17,19H,6-13H2,1-5H3. The molecule has 1 saturated heterocycles. The number of hydrogen-bond donors (Lipinski definition) is 1. The van der Waals surface area contributed by atoms with Gasteiger partial charge in [0.05, 0.1) is 0 Å². The molecule has 1 N–H and O–H groups in total. The fourth-order valence-electron chi connectivity index (χ4n) is 4.27. The third-order valence-electron chi connectivity index (χ3n) is 5.70. The summed E-state index contributed by atoms with van der Waals surface area (Å²) in [5.74, 6) is 2.69. The minimum absolute atomic E-state index is 0.482. The van der Waals surface area contributed by atoms with E-state index in [0.29, 0.717) is 5.41 Å². The fourth-order valence-corrected chi connectivity index (χ4v) is 4.27. The average Bonchev–Trinajstić information content (AvgIpc) is 2.81. The molecule has 0 aromatic carbocycles. The van der Waals surface area contributed by atoms with Crippen LogP contribution < -0.4 is 5.32 Å². The molecule has 1 heterocycles. The third-order valence-corrected chi connectivity index (χ3v) is 5.70. The number of likely N-dealkylation sites (tertiary alicyclic amines) is 1. The molecule has 0 bridgehead atoms. The molecule has 2 rings (SSSR count). The zero-order valence-corrected chi connectivity index (χ0v) is 14.4. The minimum atomic E-state index is 0.482. The molecule has 1 saturated carbocycles. The number of rotatable bonds is 4. The molecule has 2 aliphatic rings. The first-order valence-electron chi connectivity index (χ1n) is 8.86. The van der Waals surface area contributed by atoms with Gasteiger partial charge >= 0.3 is 0 Å². The van der Waals surface area contributed by atoms with Crippen LogP contribution in [0.5, 0.6) is 0 Å². The van der Waals surface area contributed by atoms with Gasteiger partial charge in [0.2, 0.25) is 0 Å². The maximum Gasteiger partial charge on any atom is 0.0108 e. The zero-order chi connectivity index (χ0) is 14.8. The molecular weight excluding hydrogens is 244 g/mol. The summed E-state index contributed by atoms with van der Waals surface area (Å²) in [6, 6.07) is 0.768. The van der Waals surface area contributed by atoms with E-state index in [9.17, 15) is 0 Å². The highest BCUT2D eigenvalue weighted by Gasteiger charge is 2.35. The molecule has 20 heavy (non-hydrogen) atoms. The van der Waals surface area contributed by atoms with Crippen LogP contribution in [-0.2, 0) is 0 Å². The van der Waals surface area contributed by atoms with Crippen LogP contribution in [0.25, 0.3) is 0 Å². The Kier molecular flexibility index (Phi) is 5.53. The predicted octanol–water partition coefficient (Wildman–Crippen LogP) is 3.77. The van der Waals surface area contributed by atoms with E-state index in [1.54, 1.807) is 0 Å². The van der Waals surface area contributed by atoms with Gasteiger partial charge in [-0.05, 0) is 61.9 Å². The highest BCUT2D eigenvalue weighted by atomic mass is 15.2. The van der Waals surface area contributed by atoms with E-state index in [2.05, 4.69) is 44.8 Å². The average molecular weight is 280 g/mol. The number of hydrogen-bond acceptors (Lipinski definition) is 2. The first-order chi connectivity index (χ1) is 9.40. The summed E-state index contributed by atoms with van der Waals surface area (Å²) < 4.78 is 0. The highest BCUT2D eigenvalue weighted by Crippen LogP contribution is 2.35. The van der Waals surface area contributed by atoms with Crippen molar-refractivity contribution in [3.05, 3.63) is 0 Å². The lowest BCUT2D eigenvalue weighted by molar-refractivity contribution is 0.150. The normalized spacial score (nSPS) is 36.5. The Morgan fingerprint density at radius 2 is 1.90 bits per heavy atom. The maximum atomic E-state index is 3.74. The fraction of sp³-hybridized carbons (Fsp3) is 1.00. The van der Waals surface area contributed by atoms with E-state index in [0.717, 1.165) is 30.3 Å². The van der Waals surface area contributed by atoms with Crippen molar-refractivity contribution in [2.24, 2.45) is 23.2 Å². The molecule has 0 aromatic heterocycles. The molecule has 0 amide bonds. The van der Waals surface area contributed by atoms with Crippen LogP contribution in [0.15, 0.2) is 0 Å². The molecule has 2 nitrogen and oxygen atoms in total. The van der Waals surface area contributed by atoms with Crippen molar-refractivity contribution < 1.29 is 0 Å². The Morgan fingerprint density at radius 1 is 1.15 bits per heavy atom. The molecular formula is C18H36N2. The van der Waals surface area contributed by atoms with Crippen LogP contribution in [0.4, 0.5) is 0 Å². The van der Waals surface area contributed by atoms with Gasteiger partial charge in [-0.1, -0.05) is 34.6 Å². The molecule has 2 fully saturated rings. The van der Waals surface area contributed by atoms with Crippen molar-refractivity contribution in [1.82, 2.24) is 10.2 Å². The van der Waals surface area contributed by atoms with Crippen LogP contribution in [0, 0.1) is 23.2 Å². The Bertz CT molecular complexity index is 294. The van der Waals surface area contributed by atoms with E-state index < -0.39 is 0 Å². The van der Waals surface area contributed by atoms with Crippen molar-refractivity contribution in [1.29, 1.82) is 0 Å². The number of nitrogens with zero attached hydrogens (tertiary/aromatic N) is 1. The first kappa shape index (κ1) is 16.3. The molecule has 2 heteroatoms. The Morgan fingerprint density at radius 3 is 2.50 bits per heavy atom. The molecule has 4 unspecified atom stereocenters. The van der Waals surface area contributed by atoms with Crippen LogP contribution in [0.1, 0.15) is 60.3 Å². The monoisotopic (exact) mass is 280 g/mol. The third kappa shape index (κ3) is 4.21. The van der Waals surface area contributed by atoms with Gasteiger partial charge in [0.1, 0.15) is 0 Å². The maximum absolute atomic E-state index is 3.74. The largest absolute Gasteiger partial charge is 0.314 e. The number of nitrogens with one attached hydrogen (secondary N) is 1. The second-order valence-electron chi connectivity index (χ2n) is 8.45. The summed E-state index contributed by atoms with van der Waals surface area (Å²) in [5, 5.41) is 3.74. The summed E-state index contributed by atoms with van der Waals surface area (Å²) in [7, 11) is 0. The van der Waals surface area contributed by atoms with Gasteiger partial charge in [0.15, 0.2) is 0 Å². The van der Waals surface area contributed by atoms with Crippen molar-refractivity contribution in [3.63, 3.8) is 0 Å². The van der Waals surface area contributed by atoms with E-state index in [4.69, 9.17) is 0 Å². The van der Waals surface area contributed by atoms with Gasteiger partial charge in [0.25, 0.3) is 0 Å². The lowest BCUT2D eigenvalue weighted by Crippen LogP contribution is -2.45. The predicted molar refractivity (Wildman–Crippen MR) is 88.0 cm³/mol. The summed E-state index contributed by atoms with van der Waals surface area (Å²) in [6.45, 7) is 17.0. The van der Waals surface area contributed by atoms with E-state index in [1.165, 1.54) is 45.3 Å². The van der Waals surface area contributed by atoms with Gasteiger partial charge in [-0.25, -0.2) is 0 Å². The van der Waals surface area contributed by atoms with Gasteiger partial charge in [-0.2, -0.15) is 0 Å². The van der Waals surface area contributed by atoms with Crippen molar-refractivity contribution in [2.75, 3.05) is 26.2 Å². The van der Waals surface area contributed by atoms with Crippen LogP contribution >= 0.6 is 0 Å². The molecule has 1 aliphatic heterocycles. The van der Waals surface area contributed by atoms with E-state index >= 15 is 0 Å². The molecule has 0 spiro atoms. The quantitative estimate of drug-likeness (QED) is 0.843. The minimum Gasteiger partial charge on any atom is -0.314 e. The lowest BCUT2D eigenvalue weighted by atomic mass is 9.78. The summed E-state index contributed by atoms with van der Waals surface area (Å²) in [4.78, 5) is 2.75. The lowest BCUT2D eigenvalue weighted by Gasteiger charge is -2.38. The van der Waals surface area contributed by atoms with Crippen LogP contribution in [-0.4, -0.2) is 37.1 Å². The van der Waals surface area contributed by atoms with Crippen molar-refractivity contribution in [3.8, 4) is 0 Å². The van der Waals surface area contributed by atoms with E-state index in [1.807, 2.05) is 0 Å². The van der Waals surface area contributed by atoms with Gasteiger partial charge in [-0.3, -0.25) is 0 Å². The second kappa shape index (κ2) is 6.79. The van der Waals surface area contributed by atoms with Crippen LogP contribution in [0.3, 0.4) is 0 Å². The Labute approximate surface area is 126 Å². The van der Waals surface area contributed by atoms with Crippen molar-refractivity contribution >= 4 is 0 Å². The molecule has 4 atom stereocenters. The molecule has 0 aromatic rings. The topological polar surface area (TPSA) is 15.3 Å². The van der Waals surface area contributed by atoms with Crippen molar-refractivity contribution in [2.45, 2.75) is 66.3 Å². The summed E-state index contributed by atoms with van der Waals surface area (Å²) in [6.07, 6.45) is 5.63. The smallest absolute Gasteiger partial charge is 0.0108 e. The molecule has 1 aliphatic carbocycles. The molecule has 0 radical (unpaired) electrons. The SMILES string of the molecule is CCNC1CCC(C)CC1CN1CCC(C(C)(C)C)C1. The van der Waals surface area contributed by atoms with E-state index in [-0.39, 0.29) is 0 Å². The molecule has 118 valence electrons. The zero-order valence-electron chi connectivity index (χ0n) is 14.4. The summed E-state index contributed by atoms with van der Waals surface area (Å²) >= 11 is 0. The highest BCUT2D eigenvalue weighted by molar-refractivity contribution is 4.89.